The number of aromatic nitrogens is 1. The van der Waals surface area contributed by atoms with Crippen LogP contribution in [-0.2, 0) is 4.74 Å². The fourth-order valence-corrected chi connectivity index (χ4v) is 3.39. The lowest BCUT2D eigenvalue weighted by atomic mass is 10.1. The van der Waals surface area contributed by atoms with Crippen molar-refractivity contribution in [1.82, 2.24) is 20.1 Å². The number of hydrogen-bond donors (Lipinski definition) is 1. The second kappa shape index (κ2) is 9.14. The van der Waals surface area contributed by atoms with Crippen LogP contribution in [0.5, 0.6) is 0 Å². The summed E-state index contributed by atoms with van der Waals surface area (Å²) < 4.78 is 19.2. The molecule has 2 amide bonds. The Morgan fingerprint density at radius 1 is 1.27 bits per heavy atom. The number of anilines is 1. The Morgan fingerprint density at radius 2 is 2.00 bits per heavy atom. The van der Waals surface area contributed by atoms with E-state index in [4.69, 9.17) is 4.74 Å². The number of rotatable bonds is 5. The van der Waals surface area contributed by atoms with Gasteiger partial charge >= 0.3 is 6.03 Å². The maximum Gasteiger partial charge on any atom is 0.317 e. The number of urea groups is 1. The Morgan fingerprint density at radius 3 is 2.69 bits per heavy atom. The maximum absolute atomic E-state index is 13.8. The molecule has 8 heteroatoms. The van der Waals surface area contributed by atoms with Crippen molar-refractivity contribution in [2.45, 2.75) is 6.92 Å². The number of carbonyl (C=O) groups is 1. The van der Waals surface area contributed by atoms with Crippen LogP contribution in [0.15, 0.2) is 18.3 Å². The number of morpholine rings is 1. The second-order valence-corrected chi connectivity index (χ2v) is 6.99. The number of pyridine rings is 1. The largest absolute Gasteiger partial charge is 0.379 e. The van der Waals surface area contributed by atoms with E-state index in [2.05, 4.69) is 22.1 Å². The van der Waals surface area contributed by atoms with Gasteiger partial charge in [-0.15, -0.1) is 0 Å². The predicted molar refractivity (Wildman–Crippen MR) is 97.8 cm³/mol. The van der Waals surface area contributed by atoms with Crippen molar-refractivity contribution in [2.24, 2.45) is 5.92 Å². The van der Waals surface area contributed by atoms with Gasteiger partial charge in [0.1, 0.15) is 0 Å². The summed E-state index contributed by atoms with van der Waals surface area (Å²) in [5.41, 5.74) is 0. The Bertz CT molecular complexity index is 589. The van der Waals surface area contributed by atoms with Gasteiger partial charge in [0, 0.05) is 58.6 Å². The molecule has 2 saturated heterocycles. The molecule has 2 fully saturated rings. The summed E-state index contributed by atoms with van der Waals surface area (Å²) in [6.07, 6.45) is 1.59. The summed E-state index contributed by atoms with van der Waals surface area (Å²) in [6.45, 7) is 9.60. The van der Waals surface area contributed by atoms with Gasteiger partial charge in [0.15, 0.2) is 11.6 Å². The van der Waals surface area contributed by atoms with Crippen molar-refractivity contribution in [3.63, 3.8) is 0 Å². The van der Waals surface area contributed by atoms with E-state index in [-0.39, 0.29) is 11.8 Å². The lowest BCUT2D eigenvalue weighted by molar-refractivity contribution is 0.0318. The topological polar surface area (TPSA) is 60.9 Å². The van der Waals surface area contributed by atoms with E-state index in [0.29, 0.717) is 44.5 Å². The zero-order valence-corrected chi connectivity index (χ0v) is 15.4. The van der Waals surface area contributed by atoms with Crippen LogP contribution in [0, 0.1) is 11.7 Å². The van der Waals surface area contributed by atoms with Gasteiger partial charge in [-0.2, -0.15) is 0 Å². The molecule has 0 radical (unpaired) electrons. The third-order valence-electron chi connectivity index (χ3n) is 4.88. The fraction of sp³-hybridized carbons (Fsp3) is 0.667. The molecule has 0 bridgehead atoms. The smallest absolute Gasteiger partial charge is 0.317 e. The van der Waals surface area contributed by atoms with Crippen LogP contribution < -0.4 is 10.2 Å². The lowest BCUT2D eigenvalue weighted by Crippen LogP contribution is -2.53. The van der Waals surface area contributed by atoms with Crippen LogP contribution in [0.25, 0.3) is 0 Å². The summed E-state index contributed by atoms with van der Waals surface area (Å²) in [5, 5.41) is 3.03. The number of piperazine rings is 1. The molecule has 2 aliphatic rings. The average molecular weight is 365 g/mol. The summed E-state index contributed by atoms with van der Waals surface area (Å²) in [4.78, 5) is 22.5. The average Bonchev–Trinajstić information content (AvgIpc) is 2.67. The molecular weight excluding hydrogens is 337 g/mol. The highest BCUT2D eigenvalue weighted by molar-refractivity contribution is 5.74. The molecule has 3 heterocycles. The zero-order chi connectivity index (χ0) is 18.4. The Kier molecular flexibility index (Phi) is 6.62. The van der Waals surface area contributed by atoms with Crippen molar-refractivity contribution < 1.29 is 13.9 Å². The monoisotopic (exact) mass is 365 g/mol. The van der Waals surface area contributed by atoms with E-state index in [0.717, 1.165) is 32.8 Å². The summed E-state index contributed by atoms with van der Waals surface area (Å²) in [7, 11) is 0. The molecule has 1 atom stereocenters. The molecule has 1 N–H and O–H groups in total. The minimum atomic E-state index is -0.317. The molecule has 2 aliphatic heterocycles. The molecule has 3 rings (SSSR count). The van der Waals surface area contributed by atoms with Gasteiger partial charge in [0.2, 0.25) is 0 Å². The van der Waals surface area contributed by atoms with Crippen LogP contribution in [0.2, 0.25) is 0 Å². The first kappa shape index (κ1) is 18.8. The number of amides is 2. The van der Waals surface area contributed by atoms with Gasteiger partial charge in [0.25, 0.3) is 0 Å². The lowest BCUT2D eigenvalue weighted by Gasteiger charge is -2.35. The van der Waals surface area contributed by atoms with E-state index in [1.54, 1.807) is 17.2 Å². The van der Waals surface area contributed by atoms with Crippen molar-refractivity contribution >= 4 is 11.8 Å². The van der Waals surface area contributed by atoms with Gasteiger partial charge in [-0.25, -0.2) is 14.2 Å². The quantitative estimate of drug-likeness (QED) is 0.844. The first-order chi connectivity index (χ1) is 12.6. The van der Waals surface area contributed by atoms with Gasteiger partial charge in [-0.3, -0.25) is 4.90 Å². The van der Waals surface area contributed by atoms with Crippen LogP contribution in [-0.4, -0.2) is 86.4 Å². The predicted octanol–water partition coefficient (Wildman–Crippen LogP) is 1.02. The van der Waals surface area contributed by atoms with E-state index in [1.165, 1.54) is 6.07 Å². The van der Waals surface area contributed by atoms with Gasteiger partial charge in [0.05, 0.1) is 13.2 Å². The zero-order valence-electron chi connectivity index (χ0n) is 15.4. The second-order valence-electron chi connectivity index (χ2n) is 6.99. The number of ether oxygens (including phenoxy) is 1. The normalized spacial score (nSPS) is 20.1. The van der Waals surface area contributed by atoms with Crippen molar-refractivity contribution in [3.05, 3.63) is 24.1 Å². The fourth-order valence-electron chi connectivity index (χ4n) is 3.39. The molecule has 144 valence electrons. The van der Waals surface area contributed by atoms with E-state index in [9.17, 15) is 9.18 Å². The highest BCUT2D eigenvalue weighted by Crippen LogP contribution is 2.17. The van der Waals surface area contributed by atoms with Crippen LogP contribution in [0.4, 0.5) is 15.0 Å². The molecule has 0 spiro atoms. The molecule has 26 heavy (non-hydrogen) atoms. The number of nitrogens with one attached hydrogen (secondary N) is 1. The Labute approximate surface area is 154 Å². The molecule has 1 aromatic rings. The van der Waals surface area contributed by atoms with Crippen molar-refractivity contribution in [3.8, 4) is 0 Å². The number of halogens is 1. The number of hydrogen-bond acceptors (Lipinski definition) is 5. The SMILES string of the molecule is CC(CNC(=O)N1CCN(c2ncccc2F)CC1)CN1CCOCC1. The first-order valence-corrected chi connectivity index (χ1v) is 9.32. The molecule has 1 unspecified atom stereocenters. The van der Waals surface area contributed by atoms with Gasteiger partial charge in [-0.1, -0.05) is 6.92 Å². The van der Waals surface area contributed by atoms with Crippen LogP contribution in [0.3, 0.4) is 0 Å². The molecule has 1 aromatic heterocycles. The molecule has 0 aliphatic carbocycles. The number of nitrogens with zero attached hydrogens (tertiary/aromatic N) is 4. The minimum Gasteiger partial charge on any atom is -0.379 e. The molecule has 0 aromatic carbocycles. The molecular formula is C18H28FN5O2. The highest BCUT2D eigenvalue weighted by Gasteiger charge is 2.23. The molecule has 7 nitrogen and oxygen atoms in total. The summed E-state index contributed by atoms with van der Waals surface area (Å²) in [5.74, 6) is 0.440. The summed E-state index contributed by atoms with van der Waals surface area (Å²) >= 11 is 0. The molecule has 0 saturated carbocycles. The van der Waals surface area contributed by atoms with E-state index < -0.39 is 0 Å². The van der Waals surface area contributed by atoms with E-state index >= 15 is 0 Å². The van der Waals surface area contributed by atoms with Crippen LogP contribution >= 0.6 is 0 Å². The Hall–Kier alpha value is -1.93. The third kappa shape index (κ3) is 5.04. The Balaban J connectivity index is 1.39. The third-order valence-corrected chi connectivity index (χ3v) is 4.88. The highest BCUT2D eigenvalue weighted by atomic mass is 19.1. The van der Waals surface area contributed by atoms with Gasteiger partial charge < -0.3 is 19.9 Å². The van der Waals surface area contributed by atoms with Crippen LogP contribution in [0.1, 0.15) is 6.92 Å². The first-order valence-electron chi connectivity index (χ1n) is 9.32. The number of carbonyl (C=O) groups excluding carboxylic acids is 1. The maximum atomic E-state index is 13.8. The van der Waals surface area contributed by atoms with Gasteiger partial charge in [-0.05, 0) is 18.1 Å². The summed E-state index contributed by atoms with van der Waals surface area (Å²) in [6, 6.07) is 2.96. The van der Waals surface area contributed by atoms with E-state index in [1.807, 2.05) is 4.90 Å². The van der Waals surface area contributed by atoms with Crippen molar-refractivity contribution in [2.75, 3.05) is 70.5 Å². The standard InChI is InChI=1S/C18H28FN5O2/c1-15(14-22-9-11-26-12-10-22)13-21-18(25)24-7-5-23(6-8-24)17-16(19)3-2-4-20-17/h2-4,15H,5-14H2,1H3,(H,21,25). The van der Waals surface area contributed by atoms with Crippen molar-refractivity contribution in [1.29, 1.82) is 0 Å². The minimum absolute atomic E-state index is 0.0417.